The molecule has 0 heterocycles. The van der Waals surface area contributed by atoms with Gasteiger partial charge in [0.25, 0.3) is 0 Å². The number of hydrogen-bond donors (Lipinski definition) is 0. The molecule has 1 rings (SSSR count). The predicted octanol–water partition coefficient (Wildman–Crippen LogP) is 3.31. The largest absolute Gasteiger partial charge is 0.236 e. The second-order valence-corrected chi connectivity index (χ2v) is 6.49. The van der Waals surface area contributed by atoms with Crippen LogP contribution in [-0.2, 0) is 14.8 Å². The second-order valence-electron chi connectivity index (χ2n) is 2.52. The van der Waals surface area contributed by atoms with Crippen molar-refractivity contribution in [3.63, 3.8) is 0 Å². The van der Waals surface area contributed by atoms with Crippen LogP contribution >= 0.6 is 38.2 Å². The molecule has 1 aromatic rings. The van der Waals surface area contributed by atoms with Crippen LogP contribution in [0.5, 0.6) is 0 Å². The highest BCUT2D eigenvalue weighted by atomic mass is 79.9. The van der Waals surface area contributed by atoms with Gasteiger partial charge in [-0.2, -0.15) is 0 Å². The van der Waals surface area contributed by atoms with Crippen LogP contribution in [0.2, 0.25) is 5.02 Å². The Morgan fingerprint density at radius 3 is 2.50 bits per heavy atom. The minimum atomic E-state index is -3.70. The zero-order valence-electron chi connectivity index (χ0n) is 6.60. The minimum Gasteiger partial charge on any atom is -0.212 e. The van der Waals surface area contributed by atoms with Gasteiger partial charge in [0.1, 0.15) is 0 Å². The van der Waals surface area contributed by atoms with Gasteiger partial charge in [-0.25, -0.2) is 12.8 Å². The third kappa shape index (κ3) is 3.08. The third-order valence-electron chi connectivity index (χ3n) is 1.44. The van der Waals surface area contributed by atoms with Gasteiger partial charge in [0.05, 0.1) is 15.2 Å². The molecule has 1 aromatic carbocycles. The predicted molar refractivity (Wildman–Crippen MR) is 57.6 cm³/mol. The van der Waals surface area contributed by atoms with E-state index in [1.807, 2.05) is 0 Å². The summed E-state index contributed by atoms with van der Waals surface area (Å²) in [5, 5.41) is -0.0763. The summed E-state index contributed by atoms with van der Waals surface area (Å²) in [5.41, 5.74) is 0.238. The Morgan fingerprint density at radius 1 is 1.43 bits per heavy atom. The Hall–Kier alpha value is 0.160. The molecule has 0 saturated heterocycles. The fourth-order valence-corrected chi connectivity index (χ4v) is 2.77. The summed E-state index contributed by atoms with van der Waals surface area (Å²) < 4.78 is 34.6. The van der Waals surface area contributed by atoms with Crippen molar-refractivity contribution >= 4 is 47.3 Å². The van der Waals surface area contributed by atoms with E-state index in [1.165, 1.54) is 12.1 Å². The summed E-state index contributed by atoms with van der Waals surface area (Å²) in [7, 11) is 1.33. The van der Waals surface area contributed by atoms with Crippen LogP contribution < -0.4 is 0 Å². The first-order valence-corrected chi connectivity index (χ1v) is 7.01. The number of rotatable bonds is 2. The van der Waals surface area contributed by atoms with Crippen LogP contribution in [0.3, 0.4) is 0 Å². The Morgan fingerprint density at radius 2 is 2.00 bits per heavy atom. The molecule has 0 saturated carbocycles. The Balaban J connectivity index is 3.19. The van der Waals surface area contributed by atoms with E-state index in [0.29, 0.717) is 0 Å². The van der Waals surface area contributed by atoms with Crippen LogP contribution in [-0.4, -0.2) is 8.42 Å². The zero-order chi connectivity index (χ0) is 10.9. The zero-order valence-corrected chi connectivity index (χ0v) is 10.5. The van der Waals surface area contributed by atoms with E-state index in [-0.39, 0.29) is 15.1 Å². The Kier molecular flexibility index (Phi) is 3.80. The van der Waals surface area contributed by atoms with Crippen LogP contribution in [0.25, 0.3) is 0 Å². The molecule has 0 aliphatic carbocycles. The van der Waals surface area contributed by atoms with Crippen molar-refractivity contribution in [1.82, 2.24) is 0 Å². The first kappa shape index (κ1) is 12.2. The molecule has 0 aliphatic heterocycles. The van der Waals surface area contributed by atoms with Gasteiger partial charge in [0.2, 0.25) is 9.05 Å². The summed E-state index contributed by atoms with van der Waals surface area (Å²) in [6.07, 6.45) is 0. The fraction of sp³-hybridized carbons (Fsp3) is 0.143. The van der Waals surface area contributed by atoms with Crippen molar-refractivity contribution in [3.05, 3.63) is 33.0 Å². The summed E-state index contributed by atoms with van der Waals surface area (Å²) in [5.74, 6) is -1.13. The molecule has 0 spiro atoms. The molecule has 0 aromatic heterocycles. The molecule has 78 valence electrons. The monoisotopic (exact) mass is 320 g/mol. The van der Waals surface area contributed by atoms with Crippen LogP contribution in [0.15, 0.2) is 16.6 Å². The molecule has 0 bridgehead atoms. The van der Waals surface area contributed by atoms with Crippen molar-refractivity contribution in [2.45, 2.75) is 5.75 Å². The lowest BCUT2D eigenvalue weighted by molar-refractivity contribution is 0.607. The van der Waals surface area contributed by atoms with Gasteiger partial charge in [-0.1, -0.05) is 17.7 Å². The summed E-state index contributed by atoms with van der Waals surface area (Å²) in [6.45, 7) is 0. The highest BCUT2D eigenvalue weighted by Crippen LogP contribution is 2.28. The molecule has 0 aliphatic rings. The topological polar surface area (TPSA) is 34.1 Å². The Labute approximate surface area is 98.6 Å². The van der Waals surface area contributed by atoms with Crippen LogP contribution in [0.1, 0.15) is 5.56 Å². The van der Waals surface area contributed by atoms with Crippen molar-refractivity contribution in [2.75, 3.05) is 0 Å². The lowest BCUT2D eigenvalue weighted by atomic mass is 10.2. The van der Waals surface area contributed by atoms with Gasteiger partial charge in [0.15, 0.2) is 5.82 Å². The van der Waals surface area contributed by atoms with Crippen LogP contribution in [0.4, 0.5) is 4.39 Å². The van der Waals surface area contributed by atoms with E-state index in [1.54, 1.807) is 0 Å². The molecule has 0 fully saturated rings. The van der Waals surface area contributed by atoms with E-state index in [9.17, 15) is 12.8 Å². The number of hydrogen-bond acceptors (Lipinski definition) is 2. The van der Waals surface area contributed by atoms with Gasteiger partial charge in [-0.15, -0.1) is 0 Å². The first-order valence-electron chi connectivity index (χ1n) is 3.36. The van der Waals surface area contributed by atoms with Gasteiger partial charge in [-0.3, -0.25) is 0 Å². The van der Waals surface area contributed by atoms with E-state index in [2.05, 4.69) is 15.9 Å². The summed E-state index contributed by atoms with van der Waals surface area (Å²) >= 11 is 8.37. The molecule has 14 heavy (non-hydrogen) atoms. The van der Waals surface area contributed by atoms with E-state index >= 15 is 0 Å². The van der Waals surface area contributed by atoms with E-state index in [4.69, 9.17) is 22.3 Å². The average molecular weight is 322 g/mol. The normalized spacial score (nSPS) is 11.7. The molecular formula is C7H4BrCl2FO2S. The number of halogens is 4. The quantitative estimate of drug-likeness (QED) is 0.618. The smallest absolute Gasteiger partial charge is 0.212 e. The van der Waals surface area contributed by atoms with Crippen molar-refractivity contribution in [3.8, 4) is 0 Å². The van der Waals surface area contributed by atoms with E-state index < -0.39 is 20.6 Å². The van der Waals surface area contributed by atoms with Crippen molar-refractivity contribution < 1.29 is 12.8 Å². The Bertz CT molecular complexity index is 461. The van der Waals surface area contributed by atoms with Gasteiger partial charge in [0, 0.05) is 10.7 Å². The highest BCUT2D eigenvalue weighted by molar-refractivity contribution is 9.10. The van der Waals surface area contributed by atoms with E-state index in [0.717, 1.165) is 0 Å². The molecule has 0 amide bonds. The van der Waals surface area contributed by atoms with Crippen molar-refractivity contribution in [2.24, 2.45) is 0 Å². The van der Waals surface area contributed by atoms with Crippen LogP contribution in [0, 0.1) is 5.82 Å². The van der Waals surface area contributed by atoms with Gasteiger partial charge < -0.3 is 0 Å². The molecule has 0 N–H and O–H groups in total. The molecular weight excluding hydrogens is 318 g/mol. The first-order chi connectivity index (χ1) is 6.31. The standard InChI is InChI=1S/C7H4BrCl2FO2S/c8-6-4(3-14(10,12)13)1-2-5(9)7(6)11/h1-2H,3H2. The fourth-order valence-electron chi connectivity index (χ4n) is 0.863. The van der Waals surface area contributed by atoms with Gasteiger partial charge in [-0.05, 0) is 27.6 Å². The van der Waals surface area contributed by atoms with Gasteiger partial charge >= 0.3 is 0 Å². The maximum absolute atomic E-state index is 13.1. The molecule has 7 heteroatoms. The molecule has 0 atom stereocenters. The SMILES string of the molecule is O=S(=O)(Cl)Cc1ccc(Cl)c(F)c1Br. The lowest BCUT2D eigenvalue weighted by Crippen LogP contribution is -1.97. The maximum atomic E-state index is 13.1. The molecule has 0 radical (unpaired) electrons. The lowest BCUT2D eigenvalue weighted by Gasteiger charge is -2.04. The number of benzene rings is 1. The molecule has 0 unspecified atom stereocenters. The average Bonchev–Trinajstić information content (AvgIpc) is 2.04. The molecule has 2 nitrogen and oxygen atoms in total. The minimum absolute atomic E-state index is 0.0224. The summed E-state index contributed by atoms with van der Waals surface area (Å²) in [6, 6.07) is 2.68. The second kappa shape index (κ2) is 4.35. The van der Waals surface area contributed by atoms with Crippen molar-refractivity contribution in [1.29, 1.82) is 0 Å². The maximum Gasteiger partial charge on any atom is 0.236 e. The summed E-state index contributed by atoms with van der Waals surface area (Å²) in [4.78, 5) is 0. The third-order valence-corrected chi connectivity index (χ3v) is 3.58. The highest BCUT2D eigenvalue weighted by Gasteiger charge is 2.14.